The van der Waals surface area contributed by atoms with Gasteiger partial charge in [-0.05, 0) is 76.9 Å². The normalized spacial score (nSPS) is 11.5. The highest BCUT2D eigenvalue weighted by Crippen LogP contribution is 2.45. The summed E-state index contributed by atoms with van der Waals surface area (Å²) in [4.78, 5) is 2.35. The number of aromatic nitrogens is 1. The number of anilines is 3. The SMILES string of the molecule is c1ccc(-c2ccc(N(c3cccc(-c4ccccc4)c3)c3cc(-n4c5ccccc5c5ccccc54)cc4c3oc3ccccc34)cc2)cc1. The molecule has 10 rings (SSSR count). The quantitative estimate of drug-likeness (QED) is 0.178. The molecule has 51 heavy (non-hydrogen) atoms. The second kappa shape index (κ2) is 11.9. The van der Waals surface area contributed by atoms with Crippen LogP contribution in [0.1, 0.15) is 0 Å². The van der Waals surface area contributed by atoms with Crippen molar-refractivity contribution in [1.82, 2.24) is 4.57 Å². The molecule has 3 heteroatoms. The molecular weight excluding hydrogens is 621 g/mol. The first-order chi connectivity index (χ1) is 25.3. The van der Waals surface area contributed by atoms with Crippen LogP contribution in [0.25, 0.3) is 71.7 Å². The maximum Gasteiger partial charge on any atom is 0.159 e. The van der Waals surface area contributed by atoms with Crippen LogP contribution in [0.2, 0.25) is 0 Å². The summed E-state index contributed by atoms with van der Waals surface area (Å²) in [5, 5.41) is 4.63. The van der Waals surface area contributed by atoms with Gasteiger partial charge in [-0.2, -0.15) is 0 Å². The van der Waals surface area contributed by atoms with Crippen LogP contribution >= 0.6 is 0 Å². The molecule has 8 aromatic carbocycles. The van der Waals surface area contributed by atoms with Crippen LogP contribution < -0.4 is 4.90 Å². The number of hydrogen-bond donors (Lipinski definition) is 0. The van der Waals surface area contributed by atoms with E-state index in [1.807, 2.05) is 6.07 Å². The Morgan fingerprint density at radius 3 is 1.61 bits per heavy atom. The smallest absolute Gasteiger partial charge is 0.159 e. The van der Waals surface area contributed by atoms with Gasteiger partial charge in [0.1, 0.15) is 5.58 Å². The van der Waals surface area contributed by atoms with E-state index in [0.717, 1.165) is 50.3 Å². The molecule has 2 heterocycles. The third-order valence-corrected chi connectivity index (χ3v) is 9.97. The zero-order valence-electron chi connectivity index (χ0n) is 27.8. The first-order valence-electron chi connectivity index (χ1n) is 17.4. The van der Waals surface area contributed by atoms with Crippen LogP contribution in [0.3, 0.4) is 0 Å². The van der Waals surface area contributed by atoms with Gasteiger partial charge in [0.2, 0.25) is 0 Å². The summed E-state index contributed by atoms with van der Waals surface area (Å²) in [6.45, 7) is 0. The molecule has 0 radical (unpaired) electrons. The van der Waals surface area contributed by atoms with Crippen molar-refractivity contribution in [1.29, 1.82) is 0 Å². The molecule has 0 saturated heterocycles. The van der Waals surface area contributed by atoms with Crippen LogP contribution in [0.4, 0.5) is 17.1 Å². The lowest BCUT2D eigenvalue weighted by Gasteiger charge is -2.27. The number of fused-ring (bicyclic) bond motifs is 6. The third-order valence-electron chi connectivity index (χ3n) is 9.97. The van der Waals surface area contributed by atoms with E-state index < -0.39 is 0 Å². The maximum atomic E-state index is 6.81. The number of para-hydroxylation sites is 3. The Morgan fingerprint density at radius 1 is 0.373 bits per heavy atom. The molecule has 0 unspecified atom stereocenters. The van der Waals surface area contributed by atoms with E-state index in [2.05, 4.69) is 198 Å². The Bertz CT molecular complexity index is 2790. The van der Waals surface area contributed by atoms with Crippen molar-refractivity contribution in [3.8, 4) is 27.9 Å². The number of rotatable bonds is 6. The fourth-order valence-electron chi connectivity index (χ4n) is 7.61. The number of hydrogen-bond acceptors (Lipinski definition) is 2. The van der Waals surface area contributed by atoms with Crippen molar-refractivity contribution in [2.24, 2.45) is 0 Å². The number of furan rings is 1. The summed E-state index contributed by atoms with van der Waals surface area (Å²) in [7, 11) is 0. The fraction of sp³-hybridized carbons (Fsp3) is 0. The minimum Gasteiger partial charge on any atom is -0.454 e. The summed E-state index contributed by atoms with van der Waals surface area (Å²) in [5.74, 6) is 0. The minimum absolute atomic E-state index is 0.845. The van der Waals surface area contributed by atoms with Crippen LogP contribution in [0, 0.1) is 0 Å². The Labute approximate surface area is 295 Å². The van der Waals surface area contributed by atoms with E-state index in [4.69, 9.17) is 4.42 Å². The molecule has 0 atom stereocenters. The maximum absolute atomic E-state index is 6.81. The molecule has 0 N–H and O–H groups in total. The van der Waals surface area contributed by atoms with Crippen molar-refractivity contribution in [3.63, 3.8) is 0 Å². The molecule has 0 aliphatic rings. The van der Waals surface area contributed by atoms with Gasteiger partial charge >= 0.3 is 0 Å². The van der Waals surface area contributed by atoms with Crippen molar-refractivity contribution in [2.75, 3.05) is 4.90 Å². The second-order valence-corrected chi connectivity index (χ2v) is 13.0. The summed E-state index contributed by atoms with van der Waals surface area (Å²) in [5.41, 5.74) is 12.9. The van der Waals surface area contributed by atoms with Crippen LogP contribution in [-0.2, 0) is 0 Å². The van der Waals surface area contributed by atoms with E-state index in [-0.39, 0.29) is 0 Å². The lowest BCUT2D eigenvalue weighted by Crippen LogP contribution is -2.11. The average Bonchev–Trinajstić information content (AvgIpc) is 3.75. The van der Waals surface area contributed by atoms with Gasteiger partial charge in [0, 0.05) is 38.6 Å². The molecular formula is C48H32N2O. The zero-order chi connectivity index (χ0) is 33.7. The predicted octanol–water partition coefficient (Wildman–Crippen LogP) is 13.5. The van der Waals surface area contributed by atoms with Crippen LogP contribution in [0.5, 0.6) is 0 Å². The lowest BCUT2D eigenvalue weighted by atomic mass is 10.0. The Hall–Kier alpha value is -6.84. The highest BCUT2D eigenvalue weighted by atomic mass is 16.3. The summed E-state index contributed by atoms with van der Waals surface area (Å²) in [6, 6.07) is 69.1. The molecule has 0 fully saturated rings. The van der Waals surface area contributed by atoms with E-state index in [1.165, 1.54) is 38.5 Å². The fourth-order valence-corrected chi connectivity index (χ4v) is 7.61. The van der Waals surface area contributed by atoms with E-state index in [1.54, 1.807) is 0 Å². The van der Waals surface area contributed by atoms with Gasteiger partial charge in [0.05, 0.1) is 16.7 Å². The van der Waals surface area contributed by atoms with Crippen LogP contribution in [-0.4, -0.2) is 4.57 Å². The van der Waals surface area contributed by atoms with Crippen molar-refractivity contribution in [3.05, 3.63) is 194 Å². The number of nitrogens with zero attached hydrogens (tertiary/aromatic N) is 2. The molecule has 10 aromatic rings. The lowest BCUT2D eigenvalue weighted by molar-refractivity contribution is 0.669. The summed E-state index contributed by atoms with van der Waals surface area (Å²) < 4.78 is 9.21. The summed E-state index contributed by atoms with van der Waals surface area (Å²) in [6.07, 6.45) is 0. The predicted molar refractivity (Wildman–Crippen MR) is 214 cm³/mol. The first kappa shape index (κ1) is 29.1. The van der Waals surface area contributed by atoms with Crippen molar-refractivity contribution < 1.29 is 4.42 Å². The first-order valence-corrected chi connectivity index (χ1v) is 17.4. The zero-order valence-corrected chi connectivity index (χ0v) is 27.8. The highest BCUT2D eigenvalue weighted by molar-refractivity contribution is 6.13. The summed E-state index contributed by atoms with van der Waals surface area (Å²) >= 11 is 0. The second-order valence-electron chi connectivity index (χ2n) is 13.0. The number of benzene rings is 8. The monoisotopic (exact) mass is 652 g/mol. The Morgan fingerprint density at radius 2 is 0.922 bits per heavy atom. The largest absolute Gasteiger partial charge is 0.454 e. The highest BCUT2D eigenvalue weighted by Gasteiger charge is 2.23. The molecule has 0 saturated carbocycles. The molecule has 240 valence electrons. The van der Waals surface area contributed by atoms with Gasteiger partial charge in [-0.3, -0.25) is 0 Å². The standard InChI is InChI=1S/C48H32N2O/c1-3-14-33(15-4-1)35-26-28-37(29-27-35)49(38-19-13-18-36(30-38)34-16-5-2-6-17-34)46-32-39(31-43-42-22-9-12-25-47(42)51-48(43)46)50-44-23-10-7-20-40(44)41-21-8-11-24-45(41)50/h1-32H. The van der Waals surface area contributed by atoms with Crippen molar-refractivity contribution in [2.45, 2.75) is 0 Å². The van der Waals surface area contributed by atoms with Gasteiger partial charge in [0.15, 0.2) is 5.58 Å². The average molecular weight is 653 g/mol. The molecule has 0 aliphatic heterocycles. The van der Waals surface area contributed by atoms with Crippen molar-refractivity contribution >= 4 is 60.8 Å². The van der Waals surface area contributed by atoms with Gasteiger partial charge in [-0.15, -0.1) is 0 Å². The Balaban J connectivity index is 1.27. The molecule has 0 aliphatic carbocycles. The molecule has 0 amide bonds. The molecule has 3 nitrogen and oxygen atoms in total. The minimum atomic E-state index is 0.845. The third kappa shape index (κ3) is 4.90. The molecule has 0 bridgehead atoms. The molecule has 2 aromatic heterocycles. The van der Waals surface area contributed by atoms with E-state index >= 15 is 0 Å². The van der Waals surface area contributed by atoms with Gasteiger partial charge in [-0.1, -0.05) is 140 Å². The van der Waals surface area contributed by atoms with Gasteiger partial charge in [-0.25, -0.2) is 0 Å². The van der Waals surface area contributed by atoms with Gasteiger partial charge in [0.25, 0.3) is 0 Å². The molecule has 0 spiro atoms. The van der Waals surface area contributed by atoms with Gasteiger partial charge < -0.3 is 13.9 Å². The van der Waals surface area contributed by atoms with Crippen LogP contribution in [0.15, 0.2) is 199 Å². The topological polar surface area (TPSA) is 21.3 Å². The Kier molecular flexibility index (Phi) is 6.81. The van der Waals surface area contributed by atoms with E-state index in [0.29, 0.717) is 0 Å². The van der Waals surface area contributed by atoms with E-state index in [9.17, 15) is 0 Å².